The molecule has 25 heavy (non-hydrogen) atoms. The molecule has 1 saturated heterocycles. The second kappa shape index (κ2) is 7.33. The monoisotopic (exact) mass is 338 g/mol. The Balaban J connectivity index is 1.44. The molecule has 1 saturated carbocycles. The van der Waals surface area contributed by atoms with Gasteiger partial charge in [-0.1, -0.05) is 43.2 Å². The van der Waals surface area contributed by atoms with E-state index in [1.54, 1.807) is 0 Å². The third kappa shape index (κ3) is 3.39. The van der Waals surface area contributed by atoms with E-state index in [4.69, 9.17) is 0 Å². The molecule has 1 heterocycles. The molecule has 3 nitrogen and oxygen atoms in total. The molecule has 0 radical (unpaired) electrons. The van der Waals surface area contributed by atoms with E-state index in [0.717, 1.165) is 6.42 Å². The Morgan fingerprint density at radius 2 is 1.88 bits per heavy atom. The van der Waals surface area contributed by atoms with E-state index in [1.807, 2.05) is 7.05 Å². The van der Waals surface area contributed by atoms with E-state index in [9.17, 15) is 4.79 Å². The summed E-state index contributed by atoms with van der Waals surface area (Å²) in [5.74, 6) is 0.291. The lowest BCUT2D eigenvalue weighted by molar-refractivity contribution is -0.132. The largest absolute Gasteiger partial charge is 0.341 e. The molecule has 3 heteroatoms. The van der Waals surface area contributed by atoms with Gasteiger partial charge in [0, 0.05) is 19.1 Å². The maximum absolute atomic E-state index is 13.0. The predicted molar refractivity (Wildman–Crippen MR) is 102 cm³/mol. The minimum absolute atomic E-state index is 0.291. The standard InChI is InChI=1S/C22H30N2O/c1-23(20-10-4-5-11-21(20)24-14-6-7-15-24)22(25)16-18-13-12-17-8-2-3-9-19(17)18/h2-3,8-9,13,20-21H,4-7,10-12,14-16H2,1H3. The fraction of sp³-hybridized carbons (Fsp3) is 0.591. The molecule has 1 aromatic carbocycles. The van der Waals surface area contributed by atoms with Gasteiger partial charge >= 0.3 is 0 Å². The SMILES string of the molecule is CN(C(=O)CC1=CCc2ccccc21)C1CCCCC1N1CCCC1. The Morgan fingerprint density at radius 3 is 2.72 bits per heavy atom. The molecule has 2 fully saturated rings. The summed E-state index contributed by atoms with van der Waals surface area (Å²) in [6.45, 7) is 2.45. The molecular weight excluding hydrogens is 308 g/mol. The quantitative estimate of drug-likeness (QED) is 0.832. The Morgan fingerprint density at radius 1 is 1.12 bits per heavy atom. The van der Waals surface area contributed by atoms with Crippen molar-refractivity contribution in [3.05, 3.63) is 41.5 Å². The Bertz CT molecular complexity index is 660. The van der Waals surface area contributed by atoms with Crippen molar-refractivity contribution < 1.29 is 4.79 Å². The second-order valence-electron chi connectivity index (χ2n) is 7.93. The molecule has 2 unspecified atom stereocenters. The highest BCUT2D eigenvalue weighted by molar-refractivity contribution is 5.90. The zero-order valence-electron chi connectivity index (χ0n) is 15.4. The van der Waals surface area contributed by atoms with Crippen molar-refractivity contribution in [2.24, 2.45) is 0 Å². The van der Waals surface area contributed by atoms with E-state index in [0.29, 0.717) is 24.4 Å². The van der Waals surface area contributed by atoms with E-state index >= 15 is 0 Å². The Hall–Kier alpha value is -1.61. The van der Waals surface area contributed by atoms with Gasteiger partial charge in [0.2, 0.25) is 5.91 Å². The average molecular weight is 338 g/mol. The van der Waals surface area contributed by atoms with Crippen LogP contribution in [0.3, 0.4) is 0 Å². The third-order valence-electron chi connectivity index (χ3n) is 6.47. The van der Waals surface area contributed by atoms with Crippen LogP contribution in [-0.4, -0.2) is 47.9 Å². The summed E-state index contributed by atoms with van der Waals surface area (Å²) in [6.07, 6.45) is 11.4. The minimum atomic E-state index is 0.291. The summed E-state index contributed by atoms with van der Waals surface area (Å²) < 4.78 is 0. The number of hydrogen-bond donors (Lipinski definition) is 0. The fourth-order valence-corrected chi connectivity index (χ4v) is 5.04. The van der Waals surface area contributed by atoms with Crippen LogP contribution in [0.5, 0.6) is 0 Å². The van der Waals surface area contributed by atoms with Crippen molar-refractivity contribution in [1.29, 1.82) is 0 Å². The van der Waals surface area contributed by atoms with Crippen LogP contribution >= 0.6 is 0 Å². The van der Waals surface area contributed by atoms with Crippen LogP contribution in [0.25, 0.3) is 5.57 Å². The molecule has 3 aliphatic rings. The maximum atomic E-state index is 13.0. The van der Waals surface area contributed by atoms with Crippen LogP contribution in [0.1, 0.15) is 56.1 Å². The van der Waals surface area contributed by atoms with Crippen molar-refractivity contribution in [3.63, 3.8) is 0 Å². The van der Waals surface area contributed by atoms with Crippen LogP contribution in [0, 0.1) is 0 Å². The first kappa shape index (κ1) is 16.8. The Kier molecular flexibility index (Phi) is 4.93. The molecule has 0 spiro atoms. The van der Waals surface area contributed by atoms with Crippen LogP contribution in [0.2, 0.25) is 0 Å². The highest BCUT2D eigenvalue weighted by Gasteiger charge is 2.35. The van der Waals surface area contributed by atoms with Gasteiger partial charge in [0.25, 0.3) is 0 Å². The molecule has 0 aromatic heterocycles. The van der Waals surface area contributed by atoms with Gasteiger partial charge in [-0.25, -0.2) is 0 Å². The van der Waals surface area contributed by atoms with Crippen molar-refractivity contribution in [2.75, 3.05) is 20.1 Å². The number of benzene rings is 1. The van der Waals surface area contributed by atoms with Gasteiger partial charge in [0.1, 0.15) is 0 Å². The first-order valence-corrected chi connectivity index (χ1v) is 10.0. The number of carbonyl (C=O) groups is 1. The summed E-state index contributed by atoms with van der Waals surface area (Å²) in [5.41, 5.74) is 3.87. The molecule has 134 valence electrons. The van der Waals surface area contributed by atoms with E-state index in [1.165, 1.54) is 68.3 Å². The van der Waals surface area contributed by atoms with Crippen molar-refractivity contribution in [1.82, 2.24) is 9.80 Å². The minimum Gasteiger partial charge on any atom is -0.341 e. The van der Waals surface area contributed by atoms with Gasteiger partial charge < -0.3 is 4.90 Å². The lowest BCUT2D eigenvalue weighted by Crippen LogP contribution is -2.53. The average Bonchev–Trinajstić information content (AvgIpc) is 3.32. The van der Waals surface area contributed by atoms with E-state index in [-0.39, 0.29) is 0 Å². The van der Waals surface area contributed by atoms with Gasteiger partial charge in [0.15, 0.2) is 0 Å². The number of fused-ring (bicyclic) bond motifs is 1. The predicted octanol–water partition coefficient (Wildman–Crippen LogP) is 3.88. The summed E-state index contributed by atoms with van der Waals surface area (Å²) >= 11 is 0. The van der Waals surface area contributed by atoms with Crippen molar-refractivity contribution >= 4 is 11.5 Å². The summed E-state index contributed by atoms with van der Waals surface area (Å²) in [5, 5.41) is 0. The third-order valence-corrected chi connectivity index (χ3v) is 6.47. The number of likely N-dealkylation sites (tertiary alicyclic amines) is 1. The molecule has 0 N–H and O–H groups in total. The smallest absolute Gasteiger partial charge is 0.227 e. The lowest BCUT2D eigenvalue weighted by atomic mass is 9.88. The lowest BCUT2D eigenvalue weighted by Gasteiger charge is -2.42. The molecular formula is C22H30N2O. The van der Waals surface area contributed by atoms with Crippen molar-refractivity contribution in [2.45, 2.75) is 63.5 Å². The number of likely N-dealkylation sites (N-methyl/N-ethyl adjacent to an activating group) is 1. The zero-order valence-corrected chi connectivity index (χ0v) is 15.4. The van der Waals surface area contributed by atoms with Crippen LogP contribution in [-0.2, 0) is 11.2 Å². The van der Waals surface area contributed by atoms with Crippen LogP contribution < -0.4 is 0 Å². The number of hydrogen-bond acceptors (Lipinski definition) is 2. The highest BCUT2D eigenvalue weighted by atomic mass is 16.2. The summed E-state index contributed by atoms with van der Waals surface area (Å²) in [4.78, 5) is 17.8. The molecule has 2 atom stereocenters. The molecule has 1 amide bonds. The summed E-state index contributed by atoms with van der Waals surface area (Å²) in [6, 6.07) is 9.49. The van der Waals surface area contributed by atoms with E-state index in [2.05, 4.69) is 40.1 Å². The number of rotatable bonds is 4. The van der Waals surface area contributed by atoms with E-state index < -0.39 is 0 Å². The molecule has 1 aliphatic heterocycles. The van der Waals surface area contributed by atoms with Crippen LogP contribution in [0.4, 0.5) is 0 Å². The Labute approximate surface area is 151 Å². The first-order valence-electron chi connectivity index (χ1n) is 10.0. The maximum Gasteiger partial charge on any atom is 0.227 e. The molecule has 2 aliphatic carbocycles. The van der Waals surface area contributed by atoms with Gasteiger partial charge in [-0.3, -0.25) is 9.69 Å². The second-order valence-corrected chi connectivity index (χ2v) is 7.93. The fourth-order valence-electron chi connectivity index (χ4n) is 5.04. The van der Waals surface area contributed by atoms with Gasteiger partial charge in [-0.05, 0) is 61.9 Å². The summed E-state index contributed by atoms with van der Waals surface area (Å²) in [7, 11) is 2.04. The first-order chi connectivity index (χ1) is 12.2. The molecule has 4 rings (SSSR count). The topological polar surface area (TPSA) is 23.6 Å². The number of allylic oxidation sites excluding steroid dienone is 1. The normalized spacial score (nSPS) is 26.4. The zero-order chi connectivity index (χ0) is 17.2. The number of nitrogens with zero attached hydrogens (tertiary/aromatic N) is 2. The van der Waals surface area contributed by atoms with Gasteiger partial charge in [-0.2, -0.15) is 0 Å². The van der Waals surface area contributed by atoms with Gasteiger partial charge in [0.05, 0.1) is 6.42 Å². The van der Waals surface area contributed by atoms with Gasteiger partial charge in [-0.15, -0.1) is 0 Å². The molecule has 0 bridgehead atoms. The number of amides is 1. The van der Waals surface area contributed by atoms with Crippen molar-refractivity contribution in [3.8, 4) is 0 Å². The molecule has 1 aromatic rings. The number of carbonyl (C=O) groups excluding carboxylic acids is 1. The highest BCUT2D eigenvalue weighted by Crippen LogP contribution is 2.32. The van der Waals surface area contributed by atoms with Crippen LogP contribution in [0.15, 0.2) is 30.3 Å².